The van der Waals surface area contributed by atoms with Gasteiger partial charge in [-0.2, -0.15) is 5.10 Å². The molecule has 1 amide bonds. The number of ether oxygens (including phenoxy) is 1. The lowest BCUT2D eigenvalue weighted by Gasteiger charge is -2.09. The maximum Gasteiger partial charge on any atom is 0.277 e. The minimum atomic E-state index is -0.382. The van der Waals surface area contributed by atoms with Crippen LogP contribution in [0.25, 0.3) is 0 Å². The first-order valence-electron chi connectivity index (χ1n) is 5.91. The predicted molar refractivity (Wildman–Crippen MR) is 83.1 cm³/mol. The summed E-state index contributed by atoms with van der Waals surface area (Å²) in [6.07, 6.45) is 0. The van der Waals surface area contributed by atoms with E-state index in [2.05, 4.69) is 10.5 Å². The largest absolute Gasteiger partial charge is 0.482 e. The van der Waals surface area contributed by atoms with Crippen molar-refractivity contribution in [1.82, 2.24) is 5.43 Å². The number of hydrogen-bond acceptors (Lipinski definition) is 3. The molecule has 0 aliphatic rings. The molecule has 0 aromatic heterocycles. The van der Waals surface area contributed by atoms with Crippen LogP contribution in [0, 0.1) is 5.92 Å². The van der Waals surface area contributed by atoms with Crippen LogP contribution in [-0.4, -0.2) is 18.2 Å². The number of halogens is 3. The highest BCUT2D eigenvalue weighted by Crippen LogP contribution is 2.33. The fourth-order valence-corrected chi connectivity index (χ4v) is 1.66. The van der Waals surface area contributed by atoms with Crippen molar-refractivity contribution in [3.05, 3.63) is 27.2 Å². The molecule has 0 saturated carbocycles. The van der Waals surface area contributed by atoms with Gasteiger partial charge in [-0.15, -0.1) is 0 Å². The van der Waals surface area contributed by atoms with E-state index in [4.69, 9.17) is 39.5 Å². The maximum absolute atomic E-state index is 11.6. The van der Waals surface area contributed by atoms with Gasteiger partial charge in [0.2, 0.25) is 0 Å². The Morgan fingerprint density at radius 3 is 2.45 bits per heavy atom. The van der Waals surface area contributed by atoms with Gasteiger partial charge < -0.3 is 4.74 Å². The van der Waals surface area contributed by atoms with E-state index in [1.807, 2.05) is 20.8 Å². The van der Waals surface area contributed by atoms with Crippen LogP contribution in [0.2, 0.25) is 15.1 Å². The molecule has 0 bridgehead atoms. The molecule has 0 unspecified atom stereocenters. The predicted octanol–water partition coefficient (Wildman–Crippen LogP) is 4.17. The quantitative estimate of drug-likeness (QED) is 0.498. The molecular weight excluding hydrogens is 323 g/mol. The van der Waals surface area contributed by atoms with Crippen molar-refractivity contribution in [3.63, 3.8) is 0 Å². The Morgan fingerprint density at radius 2 is 1.85 bits per heavy atom. The number of nitrogens with one attached hydrogen (secondary N) is 1. The Bertz CT molecular complexity index is 531. The number of nitrogens with zero attached hydrogens (tertiary/aromatic N) is 1. The van der Waals surface area contributed by atoms with Crippen molar-refractivity contribution in [2.24, 2.45) is 11.0 Å². The molecule has 1 N–H and O–H groups in total. The Hall–Kier alpha value is -0.970. The average molecular weight is 338 g/mol. The van der Waals surface area contributed by atoms with Gasteiger partial charge in [0, 0.05) is 11.8 Å². The van der Waals surface area contributed by atoms with E-state index in [1.165, 1.54) is 12.1 Å². The van der Waals surface area contributed by atoms with Crippen LogP contribution in [0.4, 0.5) is 0 Å². The molecule has 0 saturated heterocycles. The van der Waals surface area contributed by atoms with Crippen LogP contribution in [0.1, 0.15) is 20.8 Å². The van der Waals surface area contributed by atoms with Gasteiger partial charge in [-0.25, -0.2) is 5.43 Å². The standard InChI is InChI=1S/C13H15Cl3N2O2/c1-7(2)8(3)17-18-13(19)6-20-12-5-10(15)9(14)4-11(12)16/h4-5,7H,6H2,1-3H3,(H,18,19). The second-order valence-corrected chi connectivity index (χ2v) is 5.65. The fourth-order valence-electron chi connectivity index (χ4n) is 1.07. The van der Waals surface area contributed by atoms with Crippen molar-refractivity contribution in [1.29, 1.82) is 0 Å². The van der Waals surface area contributed by atoms with Crippen molar-refractivity contribution in [3.8, 4) is 5.75 Å². The number of hydrogen-bond donors (Lipinski definition) is 1. The highest BCUT2D eigenvalue weighted by molar-refractivity contribution is 6.43. The summed E-state index contributed by atoms with van der Waals surface area (Å²) >= 11 is 17.6. The van der Waals surface area contributed by atoms with Crippen LogP contribution in [0.15, 0.2) is 17.2 Å². The zero-order valence-electron chi connectivity index (χ0n) is 11.3. The van der Waals surface area contributed by atoms with Gasteiger partial charge in [0.25, 0.3) is 5.91 Å². The van der Waals surface area contributed by atoms with E-state index >= 15 is 0 Å². The van der Waals surface area contributed by atoms with Crippen LogP contribution < -0.4 is 10.2 Å². The molecule has 0 heterocycles. The number of amides is 1. The number of benzene rings is 1. The topological polar surface area (TPSA) is 50.7 Å². The van der Waals surface area contributed by atoms with Crippen molar-refractivity contribution in [2.75, 3.05) is 6.61 Å². The second kappa shape index (κ2) is 7.72. The number of carbonyl (C=O) groups is 1. The third kappa shape index (κ3) is 5.19. The van der Waals surface area contributed by atoms with E-state index in [0.717, 1.165) is 5.71 Å². The molecule has 0 fully saturated rings. The summed E-state index contributed by atoms with van der Waals surface area (Å²) in [5, 5.41) is 4.86. The zero-order valence-corrected chi connectivity index (χ0v) is 13.6. The van der Waals surface area contributed by atoms with Gasteiger partial charge >= 0.3 is 0 Å². The molecule has 7 heteroatoms. The van der Waals surface area contributed by atoms with E-state index < -0.39 is 0 Å². The molecule has 4 nitrogen and oxygen atoms in total. The zero-order chi connectivity index (χ0) is 15.3. The molecule has 20 heavy (non-hydrogen) atoms. The van der Waals surface area contributed by atoms with Crippen molar-refractivity contribution in [2.45, 2.75) is 20.8 Å². The molecule has 0 atom stereocenters. The third-order valence-corrected chi connectivity index (χ3v) is 3.54. The molecule has 0 aliphatic heterocycles. The minimum absolute atomic E-state index is 0.216. The average Bonchev–Trinajstić information content (AvgIpc) is 2.38. The first kappa shape index (κ1) is 17.1. The number of carbonyl (C=O) groups excluding carboxylic acids is 1. The molecule has 110 valence electrons. The lowest BCUT2D eigenvalue weighted by molar-refractivity contribution is -0.123. The molecule has 0 spiro atoms. The fraction of sp³-hybridized carbons (Fsp3) is 0.385. The van der Waals surface area contributed by atoms with E-state index in [9.17, 15) is 4.79 Å². The van der Waals surface area contributed by atoms with Crippen LogP contribution in [0.5, 0.6) is 5.75 Å². The Kier molecular flexibility index (Phi) is 6.59. The SMILES string of the molecule is CC(=NNC(=O)COc1cc(Cl)c(Cl)cc1Cl)C(C)C. The highest BCUT2D eigenvalue weighted by Gasteiger charge is 2.09. The third-order valence-electron chi connectivity index (χ3n) is 2.53. The summed E-state index contributed by atoms with van der Waals surface area (Å²) in [6.45, 7) is 5.59. The Labute approximate surface area is 133 Å². The first-order valence-corrected chi connectivity index (χ1v) is 7.05. The van der Waals surface area contributed by atoms with Crippen LogP contribution in [-0.2, 0) is 4.79 Å². The highest BCUT2D eigenvalue weighted by atomic mass is 35.5. The first-order chi connectivity index (χ1) is 9.31. The number of rotatable bonds is 5. The summed E-state index contributed by atoms with van der Waals surface area (Å²) in [4.78, 5) is 11.6. The molecule has 1 aromatic rings. The Balaban J connectivity index is 2.58. The molecule has 1 rings (SSSR count). The summed E-state index contributed by atoms with van der Waals surface area (Å²) in [5.74, 6) is 0.175. The van der Waals surface area contributed by atoms with Crippen molar-refractivity contribution < 1.29 is 9.53 Å². The molecule has 0 aliphatic carbocycles. The molecule has 0 radical (unpaired) electrons. The van der Waals surface area contributed by atoms with Crippen LogP contribution in [0.3, 0.4) is 0 Å². The second-order valence-electron chi connectivity index (χ2n) is 4.43. The molecule has 1 aromatic carbocycles. The van der Waals surface area contributed by atoms with Crippen LogP contribution >= 0.6 is 34.8 Å². The lowest BCUT2D eigenvalue weighted by Crippen LogP contribution is -2.26. The lowest BCUT2D eigenvalue weighted by atomic mass is 10.1. The van der Waals surface area contributed by atoms with Gasteiger partial charge in [0.1, 0.15) is 5.75 Å². The van der Waals surface area contributed by atoms with Gasteiger partial charge in [-0.1, -0.05) is 48.7 Å². The summed E-state index contributed by atoms with van der Waals surface area (Å²) in [7, 11) is 0. The summed E-state index contributed by atoms with van der Waals surface area (Å²) in [5.41, 5.74) is 3.23. The summed E-state index contributed by atoms with van der Waals surface area (Å²) < 4.78 is 5.27. The van der Waals surface area contributed by atoms with Crippen molar-refractivity contribution >= 4 is 46.4 Å². The van der Waals surface area contributed by atoms with Gasteiger partial charge in [-0.3, -0.25) is 4.79 Å². The van der Waals surface area contributed by atoms with Gasteiger partial charge in [-0.05, 0) is 18.9 Å². The monoisotopic (exact) mass is 336 g/mol. The van der Waals surface area contributed by atoms with Gasteiger partial charge in [0.15, 0.2) is 6.61 Å². The van der Waals surface area contributed by atoms with E-state index in [1.54, 1.807) is 0 Å². The summed E-state index contributed by atoms with van der Waals surface area (Å²) in [6, 6.07) is 2.92. The molecular formula is C13H15Cl3N2O2. The smallest absolute Gasteiger partial charge is 0.277 e. The van der Waals surface area contributed by atoms with E-state index in [0.29, 0.717) is 15.8 Å². The van der Waals surface area contributed by atoms with Gasteiger partial charge in [0.05, 0.1) is 15.1 Å². The minimum Gasteiger partial charge on any atom is -0.482 e. The number of hydrazone groups is 1. The Morgan fingerprint density at radius 1 is 1.25 bits per heavy atom. The van der Waals surface area contributed by atoms with E-state index in [-0.39, 0.29) is 23.5 Å². The maximum atomic E-state index is 11.6. The normalized spacial score (nSPS) is 11.7.